The van der Waals surface area contributed by atoms with Crippen molar-refractivity contribution in [1.29, 1.82) is 0 Å². The number of amides is 1. The Labute approximate surface area is 192 Å². The van der Waals surface area contributed by atoms with Gasteiger partial charge in [-0.15, -0.1) is 0 Å². The Morgan fingerprint density at radius 2 is 1.36 bits per heavy atom. The van der Waals surface area contributed by atoms with Crippen molar-refractivity contribution in [2.45, 2.75) is 0 Å². The fourth-order valence-electron chi connectivity index (χ4n) is 3.44. The summed E-state index contributed by atoms with van der Waals surface area (Å²) < 4.78 is 7.88. The highest BCUT2D eigenvalue weighted by atomic mass is 16.1. The van der Waals surface area contributed by atoms with E-state index in [9.17, 15) is 4.79 Å². The average molecular weight is 433 g/mol. The highest BCUT2D eigenvalue weighted by molar-refractivity contribution is 6.04. The molecule has 0 aliphatic carbocycles. The molecule has 0 spiro atoms. The lowest BCUT2D eigenvalue weighted by atomic mass is 10.1. The summed E-state index contributed by atoms with van der Waals surface area (Å²) in [4.78, 5) is 21.0. The van der Waals surface area contributed by atoms with Crippen LogP contribution in [0.15, 0.2) is 110 Å². The molecule has 0 atom stereocenters. The first kappa shape index (κ1) is 19.0. The van der Waals surface area contributed by atoms with Crippen molar-refractivity contribution < 1.29 is 6.17 Å². The number of carbonyl (C=O) groups excluding carboxylic acids is 1. The first-order chi connectivity index (χ1) is 16.6. The number of para-hydroxylation sites is 1. The van der Waals surface area contributed by atoms with Crippen molar-refractivity contribution in [1.82, 2.24) is 9.97 Å². The zero-order valence-corrected chi connectivity index (χ0v) is 17.6. The molecule has 0 saturated carbocycles. The van der Waals surface area contributed by atoms with Crippen LogP contribution in [-0.2, 0) is 0 Å². The lowest BCUT2D eigenvalue weighted by molar-refractivity contribution is 0.102. The molecule has 0 bridgehead atoms. The van der Waals surface area contributed by atoms with E-state index in [1.807, 2.05) is 60.7 Å². The van der Waals surface area contributed by atoms with E-state index >= 15 is 0 Å². The van der Waals surface area contributed by atoms with Crippen LogP contribution in [-0.4, -0.2) is 15.9 Å². The molecule has 2 aromatic heterocycles. The molecule has 3 N–H and O–H groups in total. The summed E-state index contributed by atoms with van der Waals surface area (Å²) in [6.07, 6.45) is 5.18. The second-order valence-electron chi connectivity index (χ2n) is 7.40. The number of hydrogen-bond donors (Lipinski definition) is 3. The van der Waals surface area contributed by atoms with Crippen LogP contribution in [0.2, 0.25) is 0 Å². The van der Waals surface area contributed by atoms with Crippen LogP contribution in [0.1, 0.15) is 11.7 Å². The normalized spacial score (nSPS) is 11.0. The van der Waals surface area contributed by atoms with Gasteiger partial charge in [0, 0.05) is 58.0 Å². The smallest absolute Gasteiger partial charge is 0.255 e. The van der Waals surface area contributed by atoms with Crippen LogP contribution >= 0.6 is 0 Å². The number of benzene rings is 3. The third-order valence-electron chi connectivity index (χ3n) is 5.12. The molecule has 3 aromatic carbocycles. The van der Waals surface area contributed by atoms with Gasteiger partial charge in [-0.1, -0.05) is 18.2 Å². The highest BCUT2D eigenvalue weighted by Gasteiger charge is 2.07. The Kier molecular flexibility index (Phi) is 5.30. The number of fused-ring (bicyclic) bond motifs is 1. The molecule has 5 rings (SSSR count). The number of anilines is 5. The molecule has 0 aliphatic heterocycles. The minimum Gasteiger partial charge on any atom is -0.355 e. The van der Waals surface area contributed by atoms with Crippen LogP contribution < -0.4 is 16.0 Å². The first-order valence-corrected chi connectivity index (χ1v) is 10.4. The molecule has 0 fully saturated rings. The molecule has 0 saturated heterocycles. The summed E-state index contributed by atoms with van der Waals surface area (Å²) in [7, 11) is 0. The predicted molar refractivity (Wildman–Crippen MR) is 133 cm³/mol. The van der Waals surface area contributed by atoms with Gasteiger partial charge >= 0.3 is 0 Å². The van der Waals surface area contributed by atoms with Crippen molar-refractivity contribution in [2.24, 2.45) is 0 Å². The van der Waals surface area contributed by atoms with Gasteiger partial charge in [-0.25, -0.2) is 0 Å². The summed E-state index contributed by atoms with van der Waals surface area (Å²) in [5.41, 5.74) is 5.64. The maximum absolute atomic E-state index is 12.7. The predicted octanol–water partition coefficient (Wildman–Crippen LogP) is 6.37. The maximum atomic E-state index is 12.7. The molecular weight excluding hydrogens is 410 g/mol. The van der Waals surface area contributed by atoms with Gasteiger partial charge in [-0.05, 0) is 72.8 Å². The van der Waals surface area contributed by atoms with E-state index in [4.69, 9.17) is 1.37 Å². The molecule has 0 aliphatic rings. The number of hydrogen-bond acceptors (Lipinski definition) is 5. The van der Waals surface area contributed by atoms with Crippen LogP contribution in [0, 0.1) is 0 Å². The SMILES string of the molecule is [2H]c1ccc2nccc(Nc3ccc(C(=O)Nc4ccc(Nc5ccncc5)cc4)cc3)c2c1. The summed E-state index contributed by atoms with van der Waals surface area (Å²) in [6.45, 7) is 0. The summed E-state index contributed by atoms with van der Waals surface area (Å²) in [5.74, 6) is -0.186. The quantitative estimate of drug-likeness (QED) is 0.291. The monoisotopic (exact) mass is 432 g/mol. The molecule has 1 amide bonds. The Bertz CT molecular complexity index is 1440. The number of nitrogens with zero attached hydrogens (tertiary/aromatic N) is 2. The third-order valence-corrected chi connectivity index (χ3v) is 5.12. The number of carbonyl (C=O) groups is 1. The van der Waals surface area contributed by atoms with Crippen LogP contribution in [0.3, 0.4) is 0 Å². The first-order valence-electron chi connectivity index (χ1n) is 10.9. The Balaban J connectivity index is 1.24. The van der Waals surface area contributed by atoms with E-state index in [1.165, 1.54) is 0 Å². The lowest BCUT2D eigenvalue weighted by Crippen LogP contribution is -2.11. The molecule has 0 unspecified atom stereocenters. The van der Waals surface area contributed by atoms with Gasteiger partial charge in [0.05, 0.1) is 6.89 Å². The van der Waals surface area contributed by atoms with Gasteiger partial charge in [-0.2, -0.15) is 0 Å². The number of rotatable bonds is 6. The molecular formula is C27H21N5O. The molecule has 5 aromatic rings. The van der Waals surface area contributed by atoms with Gasteiger partial charge in [0.25, 0.3) is 5.91 Å². The zero-order chi connectivity index (χ0) is 23.3. The number of aromatic nitrogens is 2. The molecule has 2 heterocycles. The van der Waals surface area contributed by atoms with E-state index in [0.29, 0.717) is 17.3 Å². The Hall–Kier alpha value is -4.71. The van der Waals surface area contributed by atoms with Gasteiger partial charge in [-0.3, -0.25) is 14.8 Å². The minimum atomic E-state index is -0.186. The second kappa shape index (κ2) is 9.20. The molecule has 33 heavy (non-hydrogen) atoms. The van der Waals surface area contributed by atoms with E-state index < -0.39 is 0 Å². The van der Waals surface area contributed by atoms with Crippen LogP contribution in [0.25, 0.3) is 10.9 Å². The van der Waals surface area contributed by atoms with Gasteiger partial charge in [0.2, 0.25) is 0 Å². The number of pyridine rings is 2. The van der Waals surface area contributed by atoms with E-state index in [0.717, 1.165) is 33.7 Å². The van der Waals surface area contributed by atoms with Crippen molar-refractivity contribution >= 4 is 45.2 Å². The average Bonchev–Trinajstić information content (AvgIpc) is 2.87. The van der Waals surface area contributed by atoms with Gasteiger partial charge in [0.1, 0.15) is 0 Å². The third kappa shape index (κ3) is 4.80. The number of nitrogens with one attached hydrogen (secondary N) is 3. The highest BCUT2D eigenvalue weighted by Crippen LogP contribution is 2.25. The molecule has 160 valence electrons. The Morgan fingerprint density at radius 1 is 0.697 bits per heavy atom. The summed E-state index contributed by atoms with van der Waals surface area (Å²) in [6, 6.07) is 26.2. The van der Waals surface area contributed by atoms with E-state index in [-0.39, 0.29) is 5.91 Å². The molecule has 6 heteroatoms. The van der Waals surface area contributed by atoms with Crippen LogP contribution in [0.5, 0.6) is 0 Å². The standard InChI is InChI=1S/C27H21N5O/c33-27(32-22-11-9-20(10-12-22)30-23-13-16-28-17-14-23)19-5-7-21(8-6-19)31-26-15-18-29-25-4-2-1-3-24(25)26/h1-18H,(H,28,30)(H,29,31)(H,32,33)/i1D. The van der Waals surface area contributed by atoms with E-state index in [2.05, 4.69) is 25.9 Å². The topological polar surface area (TPSA) is 78.9 Å². The Morgan fingerprint density at radius 3 is 2.15 bits per heavy atom. The van der Waals surface area contributed by atoms with E-state index in [1.54, 1.807) is 42.9 Å². The van der Waals surface area contributed by atoms with Gasteiger partial charge in [0.15, 0.2) is 0 Å². The van der Waals surface area contributed by atoms with Crippen molar-refractivity contribution in [2.75, 3.05) is 16.0 Å². The zero-order valence-electron chi connectivity index (χ0n) is 18.6. The fraction of sp³-hybridized carbons (Fsp3) is 0. The van der Waals surface area contributed by atoms with Crippen molar-refractivity contribution in [3.8, 4) is 0 Å². The summed E-state index contributed by atoms with van der Waals surface area (Å²) >= 11 is 0. The largest absolute Gasteiger partial charge is 0.355 e. The summed E-state index contributed by atoms with van der Waals surface area (Å²) in [5, 5.41) is 10.4. The van der Waals surface area contributed by atoms with Crippen molar-refractivity contribution in [3.05, 3.63) is 115 Å². The lowest BCUT2D eigenvalue weighted by Gasteiger charge is -2.11. The molecule has 0 radical (unpaired) electrons. The minimum absolute atomic E-state index is 0.186. The second-order valence-corrected chi connectivity index (χ2v) is 7.40. The van der Waals surface area contributed by atoms with Crippen molar-refractivity contribution in [3.63, 3.8) is 0 Å². The van der Waals surface area contributed by atoms with Crippen LogP contribution in [0.4, 0.5) is 28.4 Å². The van der Waals surface area contributed by atoms with Gasteiger partial charge < -0.3 is 16.0 Å². The maximum Gasteiger partial charge on any atom is 0.255 e. The molecule has 6 nitrogen and oxygen atoms in total. The fourth-order valence-corrected chi connectivity index (χ4v) is 3.44.